The van der Waals surface area contributed by atoms with Crippen molar-refractivity contribution in [2.24, 2.45) is 5.41 Å². The second-order valence-electron chi connectivity index (χ2n) is 4.69. The van der Waals surface area contributed by atoms with Crippen LogP contribution < -0.4 is 0 Å². The molecule has 4 heteroatoms. The molecule has 0 radical (unpaired) electrons. The summed E-state index contributed by atoms with van der Waals surface area (Å²) in [6, 6.07) is 8.93. The highest BCUT2D eigenvalue weighted by molar-refractivity contribution is 6.51. The third-order valence-corrected chi connectivity index (χ3v) is 4.45. The van der Waals surface area contributed by atoms with Gasteiger partial charge in [0.25, 0.3) is 0 Å². The average molecular weight is 273 g/mol. The van der Waals surface area contributed by atoms with Gasteiger partial charge in [-0.2, -0.15) is 0 Å². The van der Waals surface area contributed by atoms with E-state index in [2.05, 4.69) is 0 Å². The normalized spacial score (nSPS) is 25.4. The number of carbonyl (C=O) groups excluding carboxylic acids is 1. The molecule has 2 nitrogen and oxygen atoms in total. The molecule has 1 aromatic rings. The Morgan fingerprint density at radius 3 is 2.47 bits per heavy atom. The maximum Gasteiger partial charge on any atom is 0.338 e. The molecule has 1 aliphatic carbocycles. The van der Waals surface area contributed by atoms with Gasteiger partial charge < -0.3 is 4.74 Å². The standard InChI is InChI=1S/C13H14Cl2O2/c1-12(9-13(12,14)15)7-8-17-11(16)10-5-3-2-4-6-10/h2-6H,7-9H2,1H3. The number of esters is 1. The van der Waals surface area contributed by atoms with E-state index in [9.17, 15) is 4.79 Å². The summed E-state index contributed by atoms with van der Waals surface area (Å²) in [6.07, 6.45) is 1.45. The molecule has 0 N–H and O–H groups in total. The van der Waals surface area contributed by atoms with Crippen molar-refractivity contribution in [1.82, 2.24) is 0 Å². The number of alkyl halides is 2. The maximum atomic E-state index is 11.6. The quantitative estimate of drug-likeness (QED) is 0.615. The Hall–Kier alpha value is -0.730. The van der Waals surface area contributed by atoms with Crippen LogP contribution >= 0.6 is 23.2 Å². The third-order valence-electron chi connectivity index (χ3n) is 3.27. The molecular weight excluding hydrogens is 259 g/mol. The molecule has 0 heterocycles. The first-order valence-corrected chi connectivity index (χ1v) is 6.30. The zero-order valence-corrected chi connectivity index (χ0v) is 11.1. The number of rotatable bonds is 4. The van der Waals surface area contributed by atoms with Crippen LogP contribution in [0.1, 0.15) is 30.1 Å². The summed E-state index contributed by atoms with van der Waals surface area (Å²) in [5.41, 5.74) is 0.448. The van der Waals surface area contributed by atoms with Crippen molar-refractivity contribution in [3.63, 3.8) is 0 Å². The van der Waals surface area contributed by atoms with Gasteiger partial charge in [-0.3, -0.25) is 0 Å². The highest BCUT2D eigenvalue weighted by Crippen LogP contribution is 2.65. The number of hydrogen-bond donors (Lipinski definition) is 0. The zero-order chi connectivity index (χ0) is 12.5. The van der Waals surface area contributed by atoms with Gasteiger partial charge in [-0.25, -0.2) is 4.79 Å². The van der Waals surface area contributed by atoms with Crippen LogP contribution in [0.15, 0.2) is 30.3 Å². The van der Waals surface area contributed by atoms with Crippen molar-refractivity contribution in [1.29, 1.82) is 0 Å². The molecule has 2 rings (SSSR count). The second-order valence-corrected chi connectivity index (χ2v) is 6.18. The summed E-state index contributed by atoms with van der Waals surface area (Å²) >= 11 is 12.0. The first kappa shape index (κ1) is 12.7. The lowest BCUT2D eigenvalue weighted by Gasteiger charge is -2.11. The van der Waals surface area contributed by atoms with Crippen LogP contribution in [0.5, 0.6) is 0 Å². The van der Waals surface area contributed by atoms with Gasteiger partial charge in [0.2, 0.25) is 0 Å². The molecule has 17 heavy (non-hydrogen) atoms. The summed E-state index contributed by atoms with van der Waals surface area (Å²) in [5.74, 6) is -0.301. The van der Waals surface area contributed by atoms with E-state index in [1.54, 1.807) is 24.3 Å². The SMILES string of the molecule is CC1(CCOC(=O)c2ccccc2)CC1(Cl)Cl. The van der Waals surface area contributed by atoms with Crippen molar-refractivity contribution in [3.05, 3.63) is 35.9 Å². The number of benzene rings is 1. The Labute approximate surface area is 111 Å². The first-order chi connectivity index (χ1) is 7.95. The fourth-order valence-electron chi connectivity index (χ4n) is 1.74. The third kappa shape index (κ3) is 2.75. The van der Waals surface area contributed by atoms with E-state index in [0.717, 1.165) is 6.42 Å². The Morgan fingerprint density at radius 1 is 1.35 bits per heavy atom. The lowest BCUT2D eigenvalue weighted by atomic mass is 10.1. The molecule has 1 aliphatic rings. The van der Waals surface area contributed by atoms with E-state index in [0.29, 0.717) is 18.6 Å². The molecular formula is C13H14Cl2O2. The minimum atomic E-state index is -0.647. The van der Waals surface area contributed by atoms with Crippen molar-refractivity contribution < 1.29 is 9.53 Å². The molecule has 0 bridgehead atoms. The van der Waals surface area contributed by atoms with Gasteiger partial charge in [-0.15, -0.1) is 23.2 Å². The van der Waals surface area contributed by atoms with E-state index in [4.69, 9.17) is 27.9 Å². The van der Waals surface area contributed by atoms with Crippen LogP contribution in [0.4, 0.5) is 0 Å². The minimum absolute atomic E-state index is 0.118. The Bertz CT molecular complexity index is 417. The van der Waals surface area contributed by atoms with Crippen LogP contribution in [-0.4, -0.2) is 16.9 Å². The van der Waals surface area contributed by atoms with Crippen LogP contribution in [0, 0.1) is 5.41 Å². The van der Waals surface area contributed by atoms with Crippen molar-refractivity contribution in [3.8, 4) is 0 Å². The zero-order valence-electron chi connectivity index (χ0n) is 9.58. The molecule has 1 unspecified atom stereocenters. The molecule has 0 aromatic heterocycles. The Kier molecular flexibility index (Phi) is 3.37. The lowest BCUT2D eigenvalue weighted by molar-refractivity contribution is 0.0480. The predicted molar refractivity (Wildman–Crippen MR) is 68.5 cm³/mol. The number of carbonyl (C=O) groups is 1. The van der Waals surface area contributed by atoms with E-state index in [-0.39, 0.29) is 11.4 Å². The van der Waals surface area contributed by atoms with Gasteiger partial charge in [0.15, 0.2) is 0 Å². The summed E-state index contributed by atoms with van der Waals surface area (Å²) in [5, 5.41) is 0. The molecule has 1 aromatic carbocycles. The van der Waals surface area contributed by atoms with Crippen LogP contribution in [0.25, 0.3) is 0 Å². The Balaban J connectivity index is 1.79. The number of halogens is 2. The van der Waals surface area contributed by atoms with Crippen molar-refractivity contribution in [2.75, 3.05) is 6.61 Å². The predicted octanol–water partition coefficient (Wildman–Crippen LogP) is 3.82. The molecule has 0 aliphatic heterocycles. The summed E-state index contributed by atoms with van der Waals surface area (Å²) < 4.78 is 4.53. The summed E-state index contributed by atoms with van der Waals surface area (Å²) in [4.78, 5) is 11.6. The second kappa shape index (κ2) is 4.51. The molecule has 0 saturated heterocycles. The van der Waals surface area contributed by atoms with Gasteiger partial charge in [-0.1, -0.05) is 25.1 Å². The smallest absolute Gasteiger partial charge is 0.338 e. The molecule has 92 valence electrons. The number of hydrogen-bond acceptors (Lipinski definition) is 2. The number of ether oxygens (including phenoxy) is 1. The summed E-state index contributed by atoms with van der Waals surface area (Å²) in [7, 11) is 0. The van der Waals surface area contributed by atoms with Crippen LogP contribution in [-0.2, 0) is 4.74 Å². The molecule has 0 amide bonds. The van der Waals surface area contributed by atoms with Crippen molar-refractivity contribution >= 4 is 29.2 Å². The van der Waals surface area contributed by atoms with Crippen LogP contribution in [0.3, 0.4) is 0 Å². The van der Waals surface area contributed by atoms with E-state index >= 15 is 0 Å². The molecule has 1 atom stereocenters. The Morgan fingerprint density at radius 2 is 1.94 bits per heavy atom. The monoisotopic (exact) mass is 272 g/mol. The van der Waals surface area contributed by atoms with E-state index < -0.39 is 4.33 Å². The van der Waals surface area contributed by atoms with Crippen LogP contribution in [0.2, 0.25) is 0 Å². The first-order valence-electron chi connectivity index (χ1n) is 5.55. The topological polar surface area (TPSA) is 26.3 Å². The van der Waals surface area contributed by atoms with Gasteiger partial charge in [-0.05, 0) is 25.0 Å². The van der Waals surface area contributed by atoms with Gasteiger partial charge in [0.05, 0.1) is 12.2 Å². The maximum absolute atomic E-state index is 11.6. The fraction of sp³-hybridized carbons (Fsp3) is 0.462. The highest BCUT2D eigenvalue weighted by atomic mass is 35.5. The summed E-state index contributed by atoms with van der Waals surface area (Å²) in [6.45, 7) is 2.36. The molecule has 1 fully saturated rings. The van der Waals surface area contributed by atoms with Gasteiger partial charge in [0.1, 0.15) is 4.33 Å². The average Bonchev–Trinajstić information content (AvgIpc) is 2.79. The lowest BCUT2D eigenvalue weighted by Crippen LogP contribution is -2.12. The van der Waals surface area contributed by atoms with E-state index in [1.165, 1.54) is 0 Å². The highest BCUT2D eigenvalue weighted by Gasteiger charge is 2.62. The van der Waals surface area contributed by atoms with Gasteiger partial charge >= 0.3 is 5.97 Å². The largest absolute Gasteiger partial charge is 0.462 e. The fourth-order valence-corrected chi connectivity index (χ4v) is 2.52. The van der Waals surface area contributed by atoms with Crippen molar-refractivity contribution in [2.45, 2.75) is 24.1 Å². The molecule has 0 spiro atoms. The minimum Gasteiger partial charge on any atom is -0.462 e. The van der Waals surface area contributed by atoms with Gasteiger partial charge in [0, 0.05) is 5.41 Å². The van der Waals surface area contributed by atoms with E-state index in [1.807, 2.05) is 13.0 Å². The molecule has 1 saturated carbocycles.